The first kappa shape index (κ1) is 16.8. The minimum Gasteiger partial charge on any atom is -0.366 e. The van der Waals surface area contributed by atoms with E-state index in [9.17, 15) is 9.59 Å². The predicted molar refractivity (Wildman–Crippen MR) is 93.5 cm³/mol. The number of hydrogen-bond donors (Lipinski definition) is 2. The van der Waals surface area contributed by atoms with Gasteiger partial charge in [-0.25, -0.2) is 4.79 Å². The summed E-state index contributed by atoms with van der Waals surface area (Å²) in [6, 6.07) is 7.08. The van der Waals surface area contributed by atoms with Gasteiger partial charge in [0.15, 0.2) is 0 Å². The average molecular weight is 329 g/mol. The minimum atomic E-state index is -0.447. The van der Waals surface area contributed by atoms with Crippen LogP contribution in [0.4, 0.5) is 4.79 Å². The smallest absolute Gasteiger partial charge is 0.317 e. The van der Waals surface area contributed by atoms with Crippen LogP contribution in [0.3, 0.4) is 0 Å². The lowest BCUT2D eigenvalue weighted by molar-refractivity contribution is 0.0811. The molecule has 1 aliphatic heterocycles. The maximum absolute atomic E-state index is 12.4. The van der Waals surface area contributed by atoms with Gasteiger partial charge < -0.3 is 16.0 Å². The summed E-state index contributed by atoms with van der Waals surface area (Å²) >= 11 is 0. The summed E-state index contributed by atoms with van der Waals surface area (Å²) in [6.45, 7) is 2.13. The fraction of sp³-hybridized carbons (Fsp3) is 0.579. The molecule has 1 saturated carbocycles. The highest BCUT2D eigenvalue weighted by molar-refractivity contribution is 5.92. The molecule has 0 atom stereocenters. The van der Waals surface area contributed by atoms with Gasteiger partial charge >= 0.3 is 6.03 Å². The van der Waals surface area contributed by atoms with Gasteiger partial charge in [-0.15, -0.1) is 0 Å². The SMILES string of the molecule is NC(=O)c1cccc(CNC(=O)N2CCC3(CCCCC3)CC2)c1. The highest BCUT2D eigenvalue weighted by Gasteiger charge is 2.36. The number of nitrogens with two attached hydrogens (primary N) is 1. The van der Waals surface area contributed by atoms with Crippen molar-refractivity contribution in [2.75, 3.05) is 13.1 Å². The number of amides is 3. The molecule has 2 fully saturated rings. The molecule has 1 aliphatic carbocycles. The zero-order chi connectivity index (χ0) is 17.0. The number of carbonyl (C=O) groups excluding carboxylic acids is 2. The van der Waals surface area contributed by atoms with Gasteiger partial charge in [0.05, 0.1) is 0 Å². The van der Waals surface area contributed by atoms with Crippen molar-refractivity contribution in [3.8, 4) is 0 Å². The molecule has 0 bridgehead atoms. The fourth-order valence-corrected chi connectivity index (χ4v) is 4.11. The van der Waals surface area contributed by atoms with E-state index in [1.807, 2.05) is 11.0 Å². The molecular formula is C19H27N3O2. The average Bonchev–Trinajstić information content (AvgIpc) is 2.61. The normalized spacial score (nSPS) is 19.9. The van der Waals surface area contributed by atoms with Gasteiger partial charge in [0, 0.05) is 25.2 Å². The van der Waals surface area contributed by atoms with E-state index in [0.29, 0.717) is 17.5 Å². The van der Waals surface area contributed by atoms with Gasteiger partial charge in [-0.3, -0.25) is 4.79 Å². The van der Waals surface area contributed by atoms with Crippen LogP contribution < -0.4 is 11.1 Å². The molecule has 1 spiro atoms. The Balaban J connectivity index is 1.49. The molecular weight excluding hydrogens is 302 g/mol. The van der Waals surface area contributed by atoms with Crippen molar-refractivity contribution < 1.29 is 9.59 Å². The van der Waals surface area contributed by atoms with E-state index in [-0.39, 0.29) is 6.03 Å². The monoisotopic (exact) mass is 329 g/mol. The Kier molecular flexibility index (Phi) is 5.07. The molecule has 1 heterocycles. The largest absolute Gasteiger partial charge is 0.366 e. The number of benzene rings is 1. The molecule has 130 valence electrons. The Morgan fingerprint density at radius 2 is 1.79 bits per heavy atom. The van der Waals surface area contributed by atoms with Gasteiger partial charge in [0.25, 0.3) is 0 Å². The summed E-state index contributed by atoms with van der Waals surface area (Å²) < 4.78 is 0. The quantitative estimate of drug-likeness (QED) is 0.894. The number of rotatable bonds is 3. The van der Waals surface area contributed by atoms with Crippen LogP contribution in [0.15, 0.2) is 24.3 Å². The van der Waals surface area contributed by atoms with Gasteiger partial charge in [-0.05, 0) is 48.8 Å². The van der Waals surface area contributed by atoms with E-state index in [0.717, 1.165) is 31.5 Å². The molecule has 1 saturated heterocycles. The van der Waals surface area contributed by atoms with Crippen LogP contribution in [0.2, 0.25) is 0 Å². The first-order chi connectivity index (χ1) is 11.6. The zero-order valence-electron chi connectivity index (χ0n) is 14.2. The number of hydrogen-bond acceptors (Lipinski definition) is 2. The second kappa shape index (κ2) is 7.24. The molecule has 3 rings (SSSR count). The highest BCUT2D eigenvalue weighted by atomic mass is 16.2. The van der Waals surface area contributed by atoms with Crippen LogP contribution in [0.1, 0.15) is 60.9 Å². The third-order valence-corrected chi connectivity index (χ3v) is 5.68. The van der Waals surface area contributed by atoms with Crippen molar-refractivity contribution in [2.45, 2.75) is 51.5 Å². The Bertz CT molecular complexity index is 598. The summed E-state index contributed by atoms with van der Waals surface area (Å²) in [5.74, 6) is -0.447. The fourth-order valence-electron chi connectivity index (χ4n) is 4.11. The van der Waals surface area contributed by atoms with Crippen molar-refractivity contribution in [2.24, 2.45) is 11.1 Å². The standard InChI is InChI=1S/C19H27N3O2/c20-17(23)16-6-4-5-15(13-16)14-21-18(24)22-11-9-19(10-12-22)7-2-1-3-8-19/h4-6,13H,1-3,7-12,14H2,(H2,20,23)(H,21,24). The van der Waals surface area contributed by atoms with Gasteiger partial charge in [-0.1, -0.05) is 31.4 Å². The predicted octanol–water partition coefficient (Wildman–Crippen LogP) is 3.04. The molecule has 0 unspecified atom stereocenters. The number of urea groups is 1. The van der Waals surface area contributed by atoms with Gasteiger partial charge in [0.1, 0.15) is 0 Å². The number of piperidine rings is 1. The third kappa shape index (κ3) is 3.89. The van der Waals surface area contributed by atoms with E-state index < -0.39 is 5.91 Å². The van der Waals surface area contributed by atoms with Gasteiger partial charge in [0.2, 0.25) is 5.91 Å². The summed E-state index contributed by atoms with van der Waals surface area (Å²) in [5, 5.41) is 2.96. The molecule has 2 aliphatic rings. The Morgan fingerprint density at radius 3 is 2.46 bits per heavy atom. The number of likely N-dealkylation sites (tertiary alicyclic amines) is 1. The van der Waals surface area contributed by atoms with Crippen molar-refractivity contribution in [1.29, 1.82) is 0 Å². The minimum absolute atomic E-state index is 0.00913. The van der Waals surface area contributed by atoms with Crippen molar-refractivity contribution >= 4 is 11.9 Å². The second-order valence-electron chi connectivity index (χ2n) is 7.27. The Morgan fingerprint density at radius 1 is 1.08 bits per heavy atom. The summed E-state index contributed by atoms with van der Waals surface area (Å²) in [7, 11) is 0. The molecule has 3 amide bonds. The second-order valence-corrected chi connectivity index (χ2v) is 7.27. The molecule has 24 heavy (non-hydrogen) atoms. The molecule has 3 N–H and O–H groups in total. The van der Waals surface area contributed by atoms with Crippen LogP contribution in [0, 0.1) is 5.41 Å². The van der Waals surface area contributed by atoms with Crippen LogP contribution in [0.5, 0.6) is 0 Å². The molecule has 5 nitrogen and oxygen atoms in total. The van der Waals surface area contributed by atoms with Crippen LogP contribution in [-0.2, 0) is 6.54 Å². The summed E-state index contributed by atoms with van der Waals surface area (Å²) in [6.07, 6.45) is 9.01. The maximum Gasteiger partial charge on any atom is 0.317 e. The van der Waals surface area contributed by atoms with Crippen molar-refractivity contribution in [3.05, 3.63) is 35.4 Å². The van der Waals surface area contributed by atoms with Crippen molar-refractivity contribution in [1.82, 2.24) is 10.2 Å². The number of carbonyl (C=O) groups is 2. The summed E-state index contributed by atoms with van der Waals surface area (Å²) in [4.78, 5) is 25.5. The van der Waals surface area contributed by atoms with E-state index >= 15 is 0 Å². The lowest BCUT2D eigenvalue weighted by atomic mass is 9.68. The zero-order valence-corrected chi connectivity index (χ0v) is 14.2. The van der Waals surface area contributed by atoms with E-state index in [1.54, 1.807) is 18.2 Å². The topological polar surface area (TPSA) is 75.4 Å². The molecule has 1 aromatic rings. The Labute approximate surface area is 143 Å². The summed E-state index contributed by atoms with van der Waals surface area (Å²) in [5.41, 5.74) is 7.15. The Hall–Kier alpha value is -2.04. The van der Waals surface area contributed by atoms with E-state index in [2.05, 4.69) is 5.32 Å². The lowest BCUT2D eigenvalue weighted by Gasteiger charge is -2.44. The molecule has 0 aromatic heterocycles. The molecule has 0 radical (unpaired) electrons. The van der Waals surface area contributed by atoms with E-state index in [4.69, 9.17) is 5.73 Å². The number of primary amides is 1. The third-order valence-electron chi connectivity index (χ3n) is 5.68. The van der Waals surface area contributed by atoms with E-state index in [1.165, 1.54) is 32.1 Å². The first-order valence-corrected chi connectivity index (χ1v) is 9.00. The van der Waals surface area contributed by atoms with Crippen molar-refractivity contribution in [3.63, 3.8) is 0 Å². The van der Waals surface area contributed by atoms with Crippen LogP contribution in [-0.4, -0.2) is 29.9 Å². The lowest BCUT2D eigenvalue weighted by Crippen LogP contribution is -2.47. The molecule has 1 aromatic carbocycles. The molecule has 5 heteroatoms. The van der Waals surface area contributed by atoms with Crippen LogP contribution >= 0.6 is 0 Å². The first-order valence-electron chi connectivity index (χ1n) is 9.00. The number of nitrogens with one attached hydrogen (secondary N) is 1. The maximum atomic E-state index is 12.4. The van der Waals surface area contributed by atoms with Gasteiger partial charge in [-0.2, -0.15) is 0 Å². The highest BCUT2D eigenvalue weighted by Crippen LogP contribution is 2.44. The van der Waals surface area contributed by atoms with Crippen LogP contribution in [0.25, 0.3) is 0 Å². The number of nitrogens with zero attached hydrogens (tertiary/aromatic N) is 1.